The van der Waals surface area contributed by atoms with Crippen molar-refractivity contribution in [1.82, 2.24) is 20.9 Å². The molecule has 164 valence electrons. The predicted octanol–water partition coefficient (Wildman–Crippen LogP) is 2.97. The van der Waals surface area contributed by atoms with Gasteiger partial charge >= 0.3 is 6.09 Å². The maximum Gasteiger partial charge on any atom is 0.408 e. The van der Waals surface area contributed by atoms with Crippen LogP contribution in [0, 0.1) is 5.92 Å². The molecule has 1 amide bonds. The molecule has 3 N–H and O–H groups in total. The largest absolute Gasteiger partial charge is 0.444 e. The molecule has 0 radical (unpaired) electrons. The van der Waals surface area contributed by atoms with Gasteiger partial charge in [-0.1, -0.05) is 6.92 Å². The summed E-state index contributed by atoms with van der Waals surface area (Å²) in [6, 6.07) is 0. The molecule has 0 bridgehead atoms. The Bertz CT molecular complexity index is 492. The zero-order valence-corrected chi connectivity index (χ0v) is 19.2. The van der Waals surface area contributed by atoms with E-state index < -0.39 is 17.2 Å². The number of nitrogens with zero attached hydrogens (tertiary/aromatic N) is 2. The SMILES string of the molecule is CN=C(NCCCCN1CCC(C)CC1)NCC(C)(C)NC(=O)OC(C)(C)C. The zero-order valence-electron chi connectivity index (χ0n) is 19.2. The van der Waals surface area contributed by atoms with E-state index in [1.165, 1.54) is 38.9 Å². The summed E-state index contributed by atoms with van der Waals surface area (Å²) in [7, 11) is 1.76. The second-order valence-electron chi connectivity index (χ2n) is 9.59. The quantitative estimate of drug-likeness (QED) is 0.333. The van der Waals surface area contributed by atoms with Crippen molar-refractivity contribution < 1.29 is 9.53 Å². The number of unbranched alkanes of at least 4 members (excludes halogenated alkanes) is 1. The maximum atomic E-state index is 12.0. The van der Waals surface area contributed by atoms with Crippen LogP contribution in [0.25, 0.3) is 0 Å². The number of amides is 1. The van der Waals surface area contributed by atoms with E-state index in [0.717, 1.165) is 24.8 Å². The maximum absolute atomic E-state index is 12.0. The minimum atomic E-state index is -0.502. The van der Waals surface area contributed by atoms with Crippen LogP contribution in [0.1, 0.15) is 67.2 Å². The summed E-state index contributed by atoms with van der Waals surface area (Å²) < 4.78 is 5.33. The van der Waals surface area contributed by atoms with E-state index in [4.69, 9.17) is 4.74 Å². The van der Waals surface area contributed by atoms with Crippen LogP contribution >= 0.6 is 0 Å². The molecule has 0 saturated carbocycles. The van der Waals surface area contributed by atoms with Gasteiger partial charge in [0.2, 0.25) is 0 Å². The molecular formula is C21H43N5O2. The van der Waals surface area contributed by atoms with Crippen LogP contribution in [0.3, 0.4) is 0 Å². The number of carbonyl (C=O) groups is 1. The zero-order chi connectivity index (χ0) is 21.2. The monoisotopic (exact) mass is 397 g/mol. The first-order chi connectivity index (χ1) is 13.0. The van der Waals surface area contributed by atoms with Gasteiger partial charge in [0.05, 0.1) is 5.54 Å². The molecule has 0 spiro atoms. The van der Waals surface area contributed by atoms with E-state index in [-0.39, 0.29) is 0 Å². The fourth-order valence-corrected chi connectivity index (χ4v) is 3.10. The summed E-state index contributed by atoms with van der Waals surface area (Å²) in [6.45, 7) is 17.0. The number of guanidine groups is 1. The van der Waals surface area contributed by atoms with Crippen LogP contribution in [0.2, 0.25) is 0 Å². The van der Waals surface area contributed by atoms with Gasteiger partial charge < -0.3 is 25.6 Å². The Labute approximate surface area is 172 Å². The Hall–Kier alpha value is -1.50. The molecule has 1 rings (SSSR count). The highest BCUT2D eigenvalue weighted by Crippen LogP contribution is 2.16. The molecule has 7 heteroatoms. The van der Waals surface area contributed by atoms with Gasteiger partial charge in [-0.25, -0.2) is 4.79 Å². The van der Waals surface area contributed by atoms with E-state index in [1.807, 2.05) is 34.6 Å². The fourth-order valence-electron chi connectivity index (χ4n) is 3.10. The normalized spacial score (nSPS) is 17.3. The van der Waals surface area contributed by atoms with Crippen molar-refractivity contribution in [2.75, 3.05) is 39.8 Å². The summed E-state index contributed by atoms with van der Waals surface area (Å²) in [5.41, 5.74) is -0.955. The van der Waals surface area contributed by atoms with Crippen molar-refractivity contribution in [2.24, 2.45) is 10.9 Å². The third kappa shape index (κ3) is 11.4. The fraction of sp³-hybridized carbons (Fsp3) is 0.905. The third-order valence-corrected chi connectivity index (χ3v) is 4.83. The van der Waals surface area contributed by atoms with Gasteiger partial charge in [-0.3, -0.25) is 4.99 Å². The molecule has 1 heterocycles. The average Bonchev–Trinajstić information content (AvgIpc) is 2.56. The lowest BCUT2D eigenvalue weighted by molar-refractivity contribution is 0.0474. The number of aliphatic imine (C=N–C) groups is 1. The summed E-state index contributed by atoms with van der Waals surface area (Å²) in [5.74, 6) is 1.65. The van der Waals surface area contributed by atoms with Gasteiger partial charge in [-0.15, -0.1) is 0 Å². The first-order valence-electron chi connectivity index (χ1n) is 10.7. The Morgan fingerprint density at radius 1 is 1.11 bits per heavy atom. The number of hydrogen-bond acceptors (Lipinski definition) is 4. The molecule has 1 aliphatic heterocycles. The van der Waals surface area contributed by atoms with Crippen LogP contribution in [-0.2, 0) is 4.74 Å². The molecule has 1 aliphatic rings. The van der Waals surface area contributed by atoms with E-state index in [0.29, 0.717) is 6.54 Å². The third-order valence-electron chi connectivity index (χ3n) is 4.83. The molecule has 0 aliphatic carbocycles. The molecule has 28 heavy (non-hydrogen) atoms. The van der Waals surface area contributed by atoms with Gasteiger partial charge in [0.15, 0.2) is 5.96 Å². The molecule has 0 aromatic heterocycles. The van der Waals surface area contributed by atoms with Gasteiger partial charge in [0, 0.05) is 20.1 Å². The number of rotatable bonds is 8. The van der Waals surface area contributed by atoms with Crippen molar-refractivity contribution in [3.63, 3.8) is 0 Å². The van der Waals surface area contributed by atoms with Crippen LogP contribution in [0.4, 0.5) is 4.79 Å². The number of nitrogens with one attached hydrogen (secondary N) is 3. The number of ether oxygens (including phenoxy) is 1. The molecule has 1 saturated heterocycles. The Morgan fingerprint density at radius 3 is 2.32 bits per heavy atom. The number of carbonyl (C=O) groups excluding carboxylic acids is 1. The average molecular weight is 398 g/mol. The lowest BCUT2D eigenvalue weighted by Gasteiger charge is -2.30. The minimum absolute atomic E-state index is 0.408. The first kappa shape index (κ1) is 24.5. The topological polar surface area (TPSA) is 78.0 Å². The second kappa shape index (κ2) is 11.5. The highest BCUT2D eigenvalue weighted by Gasteiger charge is 2.24. The number of hydrogen-bond donors (Lipinski definition) is 3. The molecule has 7 nitrogen and oxygen atoms in total. The molecule has 0 aromatic carbocycles. The lowest BCUT2D eigenvalue weighted by atomic mass is 9.99. The minimum Gasteiger partial charge on any atom is -0.444 e. The van der Waals surface area contributed by atoms with Crippen molar-refractivity contribution >= 4 is 12.1 Å². The van der Waals surface area contributed by atoms with Crippen molar-refractivity contribution in [3.8, 4) is 0 Å². The van der Waals surface area contributed by atoms with E-state index in [9.17, 15) is 4.79 Å². The summed E-state index contributed by atoms with van der Waals surface area (Å²) in [5, 5.41) is 9.53. The van der Waals surface area contributed by atoms with E-state index >= 15 is 0 Å². The standard InChI is InChI=1S/C21H43N5O2/c1-17-10-14-26(15-11-17)13-9-8-12-23-18(22-7)24-16-21(5,6)25-19(27)28-20(2,3)4/h17H,8-16H2,1-7H3,(H,25,27)(H2,22,23,24). The second-order valence-corrected chi connectivity index (χ2v) is 9.59. The van der Waals surface area contributed by atoms with Gasteiger partial charge in [0.1, 0.15) is 5.60 Å². The van der Waals surface area contributed by atoms with Crippen molar-refractivity contribution in [3.05, 3.63) is 0 Å². The molecule has 0 atom stereocenters. The van der Waals surface area contributed by atoms with Crippen LogP contribution < -0.4 is 16.0 Å². The van der Waals surface area contributed by atoms with Crippen LogP contribution in [0.5, 0.6) is 0 Å². The number of likely N-dealkylation sites (tertiary alicyclic amines) is 1. The van der Waals surface area contributed by atoms with E-state index in [1.54, 1.807) is 7.05 Å². The van der Waals surface area contributed by atoms with Crippen molar-refractivity contribution in [1.29, 1.82) is 0 Å². The Balaban J connectivity index is 2.20. The molecule has 0 unspecified atom stereocenters. The highest BCUT2D eigenvalue weighted by atomic mass is 16.6. The van der Waals surface area contributed by atoms with Crippen LogP contribution in [0.15, 0.2) is 4.99 Å². The van der Waals surface area contributed by atoms with Gasteiger partial charge in [-0.2, -0.15) is 0 Å². The number of alkyl carbamates (subject to hydrolysis) is 1. The first-order valence-corrected chi connectivity index (χ1v) is 10.7. The van der Waals surface area contributed by atoms with Crippen molar-refractivity contribution in [2.45, 2.75) is 78.4 Å². The highest BCUT2D eigenvalue weighted by molar-refractivity contribution is 5.79. The molecule has 0 aromatic rings. The van der Waals surface area contributed by atoms with E-state index in [2.05, 4.69) is 32.8 Å². The van der Waals surface area contributed by atoms with Crippen LogP contribution in [-0.4, -0.2) is 67.9 Å². The summed E-state index contributed by atoms with van der Waals surface area (Å²) in [6.07, 6.45) is 4.58. The number of piperidine rings is 1. The molecular weight excluding hydrogens is 354 g/mol. The Morgan fingerprint density at radius 2 is 1.75 bits per heavy atom. The summed E-state index contributed by atoms with van der Waals surface area (Å²) >= 11 is 0. The molecule has 1 fully saturated rings. The Kier molecular flexibility index (Phi) is 10.1. The smallest absolute Gasteiger partial charge is 0.408 e. The lowest BCUT2D eigenvalue weighted by Crippen LogP contribution is -2.54. The van der Waals surface area contributed by atoms with Gasteiger partial charge in [-0.05, 0) is 85.9 Å². The summed E-state index contributed by atoms with van der Waals surface area (Å²) in [4.78, 5) is 18.8. The predicted molar refractivity (Wildman–Crippen MR) is 117 cm³/mol. The van der Waals surface area contributed by atoms with Gasteiger partial charge in [0.25, 0.3) is 0 Å².